The molecule has 0 atom stereocenters. The first kappa shape index (κ1) is 13.7. The van der Waals surface area contributed by atoms with Gasteiger partial charge in [-0.3, -0.25) is 0 Å². The second-order valence-corrected chi connectivity index (χ2v) is 5.01. The van der Waals surface area contributed by atoms with Crippen LogP contribution in [0, 0.1) is 12.3 Å². The maximum atomic E-state index is 5.60. The fraction of sp³-hybridized carbons (Fsp3) is 0.667. The van der Waals surface area contributed by atoms with Gasteiger partial charge in [0.1, 0.15) is 5.82 Å². The van der Waals surface area contributed by atoms with Crippen molar-refractivity contribution in [1.29, 1.82) is 0 Å². The van der Waals surface area contributed by atoms with Crippen LogP contribution < -0.4 is 11.1 Å². The van der Waals surface area contributed by atoms with Gasteiger partial charge in [0.25, 0.3) is 0 Å². The quantitative estimate of drug-likeness (QED) is 0.791. The molecule has 0 saturated heterocycles. The van der Waals surface area contributed by atoms with E-state index >= 15 is 0 Å². The molecule has 0 unspecified atom stereocenters. The smallest absolute Gasteiger partial charge is 0.222 e. The van der Waals surface area contributed by atoms with Gasteiger partial charge in [0.2, 0.25) is 5.95 Å². The first-order valence-electron chi connectivity index (χ1n) is 5.77. The second kappa shape index (κ2) is 5.82. The molecule has 5 heteroatoms. The Morgan fingerprint density at radius 1 is 1.41 bits per heavy atom. The van der Waals surface area contributed by atoms with E-state index in [1.54, 1.807) is 7.11 Å². The number of nitrogen functional groups attached to an aromatic ring is 1. The Morgan fingerprint density at radius 2 is 2.12 bits per heavy atom. The van der Waals surface area contributed by atoms with E-state index in [1.807, 2.05) is 13.0 Å². The zero-order chi connectivity index (χ0) is 12.9. The standard InChI is InChI=1S/C12H22N4O/c1-9-7-10(16-11(13)15-9)14-8-12(2,3)5-6-17-4/h7H,5-6,8H2,1-4H3,(H3,13,14,15,16). The maximum Gasteiger partial charge on any atom is 0.222 e. The minimum atomic E-state index is 0.156. The van der Waals surface area contributed by atoms with E-state index in [2.05, 4.69) is 29.1 Å². The van der Waals surface area contributed by atoms with Gasteiger partial charge in [-0.25, -0.2) is 4.98 Å². The molecule has 0 aliphatic rings. The van der Waals surface area contributed by atoms with Crippen LogP contribution in [0.15, 0.2) is 6.07 Å². The second-order valence-electron chi connectivity index (χ2n) is 5.01. The van der Waals surface area contributed by atoms with Crippen LogP contribution in [0.4, 0.5) is 11.8 Å². The average molecular weight is 238 g/mol. The molecular weight excluding hydrogens is 216 g/mol. The topological polar surface area (TPSA) is 73.1 Å². The van der Waals surface area contributed by atoms with E-state index < -0.39 is 0 Å². The Balaban J connectivity index is 2.54. The van der Waals surface area contributed by atoms with Crippen molar-refractivity contribution in [2.45, 2.75) is 27.2 Å². The van der Waals surface area contributed by atoms with Crippen LogP contribution in [0.5, 0.6) is 0 Å². The number of nitrogens with two attached hydrogens (primary N) is 1. The molecule has 0 fully saturated rings. The summed E-state index contributed by atoms with van der Waals surface area (Å²) in [6, 6.07) is 1.89. The van der Waals surface area contributed by atoms with E-state index in [0.717, 1.165) is 31.1 Å². The molecule has 0 radical (unpaired) electrons. The van der Waals surface area contributed by atoms with Gasteiger partial charge in [0.15, 0.2) is 0 Å². The number of hydrogen-bond donors (Lipinski definition) is 2. The molecule has 0 aliphatic carbocycles. The summed E-state index contributed by atoms with van der Waals surface area (Å²) in [4.78, 5) is 8.18. The monoisotopic (exact) mass is 238 g/mol. The summed E-state index contributed by atoms with van der Waals surface area (Å²) in [6.45, 7) is 7.87. The van der Waals surface area contributed by atoms with Gasteiger partial charge in [0.05, 0.1) is 0 Å². The number of rotatable bonds is 6. The number of aryl methyl sites for hydroxylation is 1. The Bertz CT molecular complexity index is 345. The largest absolute Gasteiger partial charge is 0.385 e. The summed E-state index contributed by atoms with van der Waals surface area (Å²) >= 11 is 0. The van der Waals surface area contributed by atoms with Crippen LogP contribution in [0.3, 0.4) is 0 Å². The summed E-state index contributed by atoms with van der Waals surface area (Å²) in [6.07, 6.45) is 0.996. The maximum absolute atomic E-state index is 5.60. The van der Waals surface area contributed by atoms with Crippen molar-refractivity contribution in [2.24, 2.45) is 5.41 Å². The average Bonchev–Trinajstić information content (AvgIpc) is 2.23. The highest BCUT2D eigenvalue weighted by molar-refractivity contribution is 5.40. The van der Waals surface area contributed by atoms with Crippen LogP contribution in [-0.4, -0.2) is 30.2 Å². The van der Waals surface area contributed by atoms with Crippen molar-refractivity contribution in [3.05, 3.63) is 11.8 Å². The summed E-state index contributed by atoms with van der Waals surface area (Å²) < 4.78 is 5.09. The number of aromatic nitrogens is 2. The van der Waals surface area contributed by atoms with Crippen molar-refractivity contribution in [3.8, 4) is 0 Å². The Hall–Kier alpha value is -1.36. The lowest BCUT2D eigenvalue weighted by Gasteiger charge is -2.24. The number of ether oxygens (including phenoxy) is 1. The van der Waals surface area contributed by atoms with Gasteiger partial charge in [-0.1, -0.05) is 13.8 Å². The van der Waals surface area contributed by atoms with Crippen LogP contribution in [0.25, 0.3) is 0 Å². The lowest BCUT2D eigenvalue weighted by Crippen LogP contribution is -2.25. The molecule has 0 saturated carbocycles. The van der Waals surface area contributed by atoms with Gasteiger partial charge in [0, 0.05) is 32.0 Å². The summed E-state index contributed by atoms with van der Waals surface area (Å²) in [5.74, 6) is 1.09. The van der Waals surface area contributed by atoms with Crippen molar-refractivity contribution in [2.75, 3.05) is 31.3 Å². The minimum Gasteiger partial charge on any atom is -0.385 e. The molecule has 1 aromatic heterocycles. The molecule has 0 spiro atoms. The predicted octanol–water partition coefficient (Wildman–Crippen LogP) is 1.84. The fourth-order valence-electron chi connectivity index (χ4n) is 1.48. The van der Waals surface area contributed by atoms with Crippen molar-refractivity contribution in [1.82, 2.24) is 9.97 Å². The predicted molar refractivity (Wildman–Crippen MR) is 69.9 cm³/mol. The summed E-state index contributed by atoms with van der Waals surface area (Å²) in [7, 11) is 1.72. The first-order chi connectivity index (χ1) is 7.93. The fourth-order valence-corrected chi connectivity index (χ4v) is 1.48. The van der Waals surface area contributed by atoms with E-state index in [9.17, 15) is 0 Å². The van der Waals surface area contributed by atoms with Gasteiger partial charge in [-0.2, -0.15) is 4.98 Å². The van der Waals surface area contributed by atoms with E-state index in [4.69, 9.17) is 10.5 Å². The molecule has 96 valence electrons. The number of methoxy groups -OCH3 is 1. The Labute approximate surface area is 103 Å². The molecule has 0 aliphatic heterocycles. The molecule has 5 nitrogen and oxygen atoms in total. The zero-order valence-electron chi connectivity index (χ0n) is 11.1. The van der Waals surface area contributed by atoms with Crippen molar-refractivity contribution in [3.63, 3.8) is 0 Å². The molecule has 1 heterocycles. The first-order valence-corrected chi connectivity index (χ1v) is 5.77. The van der Waals surface area contributed by atoms with Crippen LogP contribution in [-0.2, 0) is 4.74 Å². The van der Waals surface area contributed by atoms with Crippen LogP contribution in [0.2, 0.25) is 0 Å². The van der Waals surface area contributed by atoms with Gasteiger partial charge in [-0.05, 0) is 18.8 Å². The third-order valence-corrected chi connectivity index (χ3v) is 2.60. The molecule has 17 heavy (non-hydrogen) atoms. The van der Waals surface area contributed by atoms with Crippen molar-refractivity contribution < 1.29 is 4.74 Å². The third kappa shape index (κ3) is 4.99. The Kier molecular flexibility index (Phi) is 4.69. The molecular formula is C12H22N4O. The summed E-state index contributed by atoms with van der Waals surface area (Å²) in [5.41, 5.74) is 6.62. The SMILES string of the molecule is COCCC(C)(C)CNc1cc(C)nc(N)n1. The summed E-state index contributed by atoms with van der Waals surface area (Å²) in [5, 5.41) is 3.29. The van der Waals surface area contributed by atoms with Crippen LogP contribution >= 0.6 is 0 Å². The third-order valence-electron chi connectivity index (χ3n) is 2.60. The van der Waals surface area contributed by atoms with E-state index in [-0.39, 0.29) is 5.41 Å². The van der Waals surface area contributed by atoms with Gasteiger partial charge >= 0.3 is 0 Å². The number of anilines is 2. The van der Waals surface area contributed by atoms with Crippen LogP contribution in [0.1, 0.15) is 26.0 Å². The lowest BCUT2D eigenvalue weighted by molar-refractivity contribution is 0.157. The van der Waals surface area contributed by atoms with E-state index in [0.29, 0.717) is 5.95 Å². The van der Waals surface area contributed by atoms with Crippen molar-refractivity contribution >= 4 is 11.8 Å². The van der Waals surface area contributed by atoms with Gasteiger partial charge < -0.3 is 15.8 Å². The highest BCUT2D eigenvalue weighted by Gasteiger charge is 2.17. The minimum absolute atomic E-state index is 0.156. The lowest BCUT2D eigenvalue weighted by atomic mass is 9.90. The van der Waals surface area contributed by atoms with E-state index in [1.165, 1.54) is 0 Å². The molecule has 0 bridgehead atoms. The molecule has 1 aromatic rings. The normalized spacial score (nSPS) is 11.5. The molecule has 1 rings (SSSR count). The Morgan fingerprint density at radius 3 is 2.71 bits per heavy atom. The molecule has 0 amide bonds. The molecule has 0 aromatic carbocycles. The highest BCUT2D eigenvalue weighted by atomic mass is 16.5. The zero-order valence-corrected chi connectivity index (χ0v) is 11.1. The number of nitrogens with zero attached hydrogens (tertiary/aromatic N) is 2. The number of nitrogens with one attached hydrogen (secondary N) is 1. The highest BCUT2D eigenvalue weighted by Crippen LogP contribution is 2.21. The molecule has 3 N–H and O–H groups in total. The van der Waals surface area contributed by atoms with Gasteiger partial charge in [-0.15, -0.1) is 0 Å². The number of hydrogen-bond acceptors (Lipinski definition) is 5.